The first-order chi connectivity index (χ1) is 9.57. The van der Waals surface area contributed by atoms with Crippen molar-refractivity contribution in [3.63, 3.8) is 0 Å². The lowest BCUT2D eigenvalue weighted by molar-refractivity contribution is 0.118. The first-order valence-corrected chi connectivity index (χ1v) is 8.15. The highest BCUT2D eigenvalue weighted by molar-refractivity contribution is 7.89. The summed E-state index contributed by atoms with van der Waals surface area (Å²) in [5, 5.41) is 0. The van der Waals surface area contributed by atoms with Crippen LogP contribution < -0.4 is 4.74 Å². The van der Waals surface area contributed by atoms with Crippen LogP contribution in [0.15, 0.2) is 29.2 Å². The molecule has 1 fully saturated rings. The van der Waals surface area contributed by atoms with Crippen LogP contribution in [-0.4, -0.2) is 46.6 Å². The molecule has 0 aliphatic carbocycles. The van der Waals surface area contributed by atoms with E-state index < -0.39 is 10.0 Å². The van der Waals surface area contributed by atoms with Crippen LogP contribution >= 0.6 is 0 Å². The zero-order chi connectivity index (χ0) is 14.6. The third-order valence-electron chi connectivity index (χ3n) is 3.58. The van der Waals surface area contributed by atoms with Crippen molar-refractivity contribution < 1.29 is 17.9 Å². The van der Waals surface area contributed by atoms with E-state index in [2.05, 4.69) is 0 Å². The summed E-state index contributed by atoms with van der Waals surface area (Å²) in [7, 11) is -0.207. The maximum Gasteiger partial charge on any atom is 0.243 e. The molecule has 1 aliphatic heterocycles. The molecule has 1 aromatic carbocycles. The molecule has 1 atom stereocenters. The van der Waals surface area contributed by atoms with Gasteiger partial charge in [-0.3, -0.25) is 0 Å². The highest BCUT2D eigenvalue weighted by Crippen LogP contribution is 2.25. The number of rotatable bonds is 5. The van der Waals surface area contributed by atoms with Crippen molar-refractivity contribution in [3.05, 3.63) is 24.3 Å². The molecule has 1 heterocycles. The molecular weight excluding hydrogens is 278 g/mol. The molecule has 1 aliphatic rings. The van der Waals surface area contributed by atoms with E-state index in [1.54, 1.807) is 42.8 Å². The average molecular weight is 299 g/mol. The maximum atomic E-state index is 12.6. The number of benzene rings is 1. The first kappa shape index (κ1) is 15.3. The Kier molecular flexibility index (Phi) is 5.01. The predicted molar refractivity (Wildman–Crippen MR) is 76.4 cm³/mol. The number of hydrogen-bond donors (Lipinski definition) is 0. The predicted octanol–water partition coefficient (Wildman–Crippen LogP) is 1.74. The fourth-order valence-corrected chi connectivity index (χ4v) is 4.07. The summed E-state index contributed by atoms with van der Waals surface area (Å²) in [5.74, 6) is 0.932. The fraction of sp³-hybridized carbons (Fsp3) is 0.571. The van der Waals surface area contributed by atoms with Gasteiger partial charge in [0, 0.05) is 20.2 Å². The Labute approximate surface area is 120 Å². The zero-order valence-corrected chi connectivity index (χ0v) is 12.7. The van der Waals surface area contributed by atoms with E-state index in [4.69, 9.17) is 9.47 Å². The molecular formula is C14H21NO4S. The smallest absolute Gasteiger partial charge is 0.243 e. The van der Waals surface area contributed by atoms with E-state index in [0.717, 1.165) is 12.8 Å². The van der Waals surface area contributed by atoms with Gasteiger partial charge in [-0.1, -0.05) is 0 Å². The lowest BCUT2D eigenvalue weighted by atomic mass is 10.0. The molecule has 1 unspecified atom stereocenters. The number of methoxy groups -OCH3 is 2. The Morgan fingerprint density at radius 2 is 1.95 bits per heavy atom. The average Bonchev–Trinajstić information content (AvgIpc) is 2.48. The van der Waals surface area contributed by atoms with Gasteiger partial charge in [0.05, 0.1) is 18.6 Å². The molecule has 5 nitrogen and oxygen atoms in total. The van der Waals surface area contributed by atoms with Gasteiger partial charge >= 0.3 is 0 Å². The van der Waals surface area contributed by atoms with E-state index in [9.17, 15) is 8.42 Å². The van der Waals surface area contributed by atoms with Gasteiger partial charge in [-0.2, -0.15) is 4.31 Å². The molecule has 6 heteroatoms. The second-order valence-corrected chi connectivity index (χ2v) is 6.94. The van der Waals surface area contributed by atoms with E-state index in [0.29, 0.717) is 30.3 Å². The molecule has 0 radical (unpaired) electrons. The van der Waals surface area contributed by atoms with Crippen molar-refractivity contribution in [1.29, 1.82) is 0 Å². The van der Waals surface area contributed by atoms with Crippen LogP contribution in [0.5, 0.6) is 5.75 Å². The minimum absolute atomic E-state index is 0.279. The van der Waals surface area contributed by atoms with Gasteiger partial charge in [0.1, 0.15) is 5.75 Å². The number of hydrogen-bond acceptors (Lipinski definition) is 4. The second-order valence-electron chi connectivity index (χ2n) is 5.00. The Morgan fingerprint density at radius 3 is 2.55 bits per heavy atom. The van der Waals surface area contributed by atoms with Crippen molar-refractivity contribution in [2.45, 2.75) is 17.7 Å². The summed E-state index contributed by atoms with van der Waals surface area (Å²) in [6.07, 6.45) is 1.89. The molecule has 1 aromatic rings. The summed E-state index contributed by atoms with van der Waals surface area (Å²) in [6, 6.07) is 6.52. The largest absolute Gasteiger partial charge is 0.497 e. The number of ether oxygens (including phenoxy) is 2. The molecule has 0 N–H and O–H groups in total. The van der Waals surface area contributed by atoms with E-state index in [-0.39, 0.29) is 5.92 Å². The van der Waals surface area contributed by atoms with Gasteiger partial charge in [-0.25, -0.2) is 8.42 Å². The summed E-state index contributed by atoms with van der Waals surface area (Å²) in [4.78, 5) is 0.316. The third-order valence-corrected chi connectivity index (χ3v) is 5.46. The molecule has 0 spiro atoms. The monoisotopic (exact) mass is 299 g/mol. The quantitative estimate of drug-likeness (QED) is 0.831. The van der Waals surface area contributed by atoms with Crippen LogP contribution in [0.1, 0.15) is 12.8 Å². The minimum Gasteiger partial charge on any atom is -0.497 e. The van der Waals surface area contributed by atoms with Crippen LogP contribution in [0.2, 0.25) is 0 Å². The zero-order valence-electron chi connectivity index (χ0n) is 11.9. The van der Waals surface area contributed by atoms with E-state index in [1.807, 2.05) is 0 Å². The highest BCUT2D eigenvalue weighted by atomic mass is 32.2. The van der Waals surface area contributed by atoms with Crippen LogP contribution in [0.3, 0.4) is 0 Å². The molecule has 112 valence electrons. The number of nitrogens with zero attached hydrogens (tertiary/aromatic N) is 1. The van der Waals surface area contributed by atoms with Crippen molar-refractivity contribution >= 4 is 10.0 Å². The van der Waals surface area contributed by atoms with Crippen LogP contribution in [-0.2, 0) is 14.8 Å². The lowest BCUT2D eigenvalue weighted by Gasteiger charge is -2.31. The number of sulfonamides is 1. The normalized spacial score (nSPS) is 20.8. The maximum absolute atomic E-state index is 12.6. The Hall–Kier alpha value is -1.11. The summed E-state index contributed by atoms with van der Waals surface area (Å²) < 4.78 is 36.9. The molecule has 0 aromatic heterocycles. The summed E-state index contributed by atoms with van der Waals surface area (Å²) >= 11 is 0. The van der Waals surface area contributed by atoms with Crippen LogP contribution in [0, 0.1) is 5.92 Å². The van der Waals surface area contributed by atoms with Gasteiger partial charge < -0.3 is 9.47 Å². The summed E-state index contributed by atoms with van der Waals surface area (Å²) in [5.41, 5.74) is 0. The third kappa shape index (κ3) is 3.31. The van der Waals surface area contributed by atoms with Gasteiger partial charge in [-0.15, -0.1) is 0 Å². The summed E-state index contributed by atoms with van der Waals surface area (Å²) in [6.45, 7) is 1.71. The Bertz CT molecular complexity index is 525. The molecule has 1 saturated heterocycles. The van der Waals surface area contributed by atoms with E-state index in [1.165, 1.54) is 0 Å². The van der Waals surface area contributed by atoms with Crippen molar-refractivity contribution in [2.75, 3.05) is 33.9 Å². The molecule has 0 amide bonds. The Balaban J connectivity index is 2.16. The van der Waals surface area contributed by atoms with Gasteiger partial charge in [-0.05, 0) is 43.0 Å². The van der Waals surface area contributed by atoms with Crippen LogP contribution in [0.25, 0.3) is 0 Å². The van der Waals surface area contributed by atoms with E-state index >= 15 is 0 Å². The number of piperidine rings is 1. The first-order valence-electron chi connectivity index (χ1n) is 6.71. The molecule has 0 saturated carbocycles. The lowest BCUT2D eigenvalue weighted by Crippen LogP contribution is -2.41. The van der Waals surface area contributed by atoms with Crippen molar-refractivity contribution in [1.82, 2.24) is 4.31 Å². The highest BCUT2D eigenvalue weighted by Gasteiger charge is 2.30. The van der Waals surface area contributed by atoms with Crippen molar-refractivity contribution in [3.8, 4) is 5.75 Å². The fourth-order valence-electron chi connectivity index (χ4n) is 2.51. The topological polar surface area (TPSA) is 55.8 Å². The minimum atomic E-state index is -3.42. The van der Waals surface area contributed by atoms with Crippen molar-refractivity contribution in [2.24, 2.45) is 5.92 Å². The molecule has 0 bridgehead atoms. The molecule has 20 heavy (non-hydrogen) atoms. The SMILES string of the molecule is COCC1CCCN(S(=O)(=O)c2ccc(OC)cc2)C1. The molecule has 2 rings (SSSR count). The standard InChI is InChI=1S/C14H21NO4S/c1-18-11-12-4-3-9-15(10-12)20(16,17)14-7-5-13(19-2)6-8-14/h5-8,12H,3-4,9-11H2,1-2H3. The van der Waals surface area contributed by atoms with Gasteiger partial charge in [0.2, 0.25) is 10.0 Å². The van der Waals surface area contributed by atoms with Gasteiger partial charge in [0.25, 0.3) is 0 Å². The second kappa shape index (κ2) is 6.56. The van der Waals surface area contributed by atoms with Gasteiger partial charge in [0.15, 0.2) is 0 Å². The Morgan fingerprint density at radius 1 is 1.25 bits per heavy atom. The van der Waals surface area contributed by atoms with Crippen LogP contribution in [0.4, 0.5) is 0 Å².